The summed E-state index contributed by atoms with van der Waals surface area (Å²) in [4.78, 5) is 10.5. The summed E-state index contributed by atoms with van der Waals surface area (Å²) < 4.78 is 5.05. The topological polar surface area (TPSA) is 62.0 Å². The highest BCUT2D eigenvalue weighted by Crippen LogP contribution is 2.25. The molecule has 0 saturated heterocycles. The first-order valence-corrected chi connectivity index (χ1v) is 6.84. The molecular formula is C15H15ClN4O. The summed E-state index contributed by atoms with van der Waals surface area (Å²) in [6, 6.07) is 13.6. The lowest BCUT2D eigenvalue weighted by atomic mass is 10.2. The lowest BCUT2D eigenvalue weighted by Crippen LogP contribution is -2.20. The third kappa shape index (κ3) is 4.15. The van der Waals surface area contributed by atoms with Gasteiger partial charge in [0.15, 0.2) is 5.82 Å². The van der Waals surface area contributed by atoms with E-state index in [4.69, 9.17) is 21.6 Å². The first-order chi connectivity index (χ1) is 10.2. The monoisotopic (exact) mass is 302 g/mol. The highest BCUT2D eigenvalue weighted by atomic mass is 35.5. The number of nitrogens with zero attached hydrogens (tertiary/aromatic N) is 4. The number of hydrogen-bond donors (Lipinski definition) is 0. The maximum absolute atomic E-state index is 8.85. The maximum Gasteiger partial charge on any atom is 0.158 e. The van der Waals surface area contributed by atoms with Gasteiger partial charge >= 0.3 is 0 Å². The Hall–Kier alpha value is -2.16. The van der Waals surface area contributed by atoms with E-state index in [2.05, 4.69) is 16.0 Å². The van der Waals surface area contributed by atoms with Crippen LogP contribution in [-0.2, 0) is 11.3 Å². The minimum atomic E-state index is 0.286. The summed E-state index contributed by atoms with van der Waals surface area (Å²) in [5, 5.41) is 9.20. The van der Waals surface area contributed by atoms with E-state index in [1.165, 1.54) is 0 Å². The summed E-state index contributed by atoms with van der Waals surface area (Å²) in [6.45, 7) is 0.814. The Morgan fingerprint density at radius 1 is 1.29 bits per heavy atom. The molecule has 0 radical (unpaired) electrons. The molecule has 6 heteroatoms. The van der Waals surface area contributed by atoms with Crippen LogP contribution in [0.4, 0.5) is 11.5 Å². The maximum atomic E-state index is 8.85. The molecule has 108 valence electrons. The molecule has 0 N–H and O–H groups in total. The third-order valence-electron chi connectivity index (χ3n) is 2.79. The van der Waals surface area contributed by atoms with E-state index in [0.717, 1.165) is 5.69 Å². The lowest BCUT2D eigenvalue weighted by Gasteiger charge is -2.23. The van der Waals surface area contributed by atoms with Crippen molar-refractivity contribution in [3.05, 3.63) is 47.4 Å². The zero-order valence-electron chi connectivity index (χ0n) is 11.7. The molecule has 0 spiro atoms. The molecule has 0 saturated carbocycles. The van der Waals surface area contributed by atoms with Gasteiger partial charge in [0.1, 0.15) is 17.6 Å². The predicted molar refractivity (Wildman–Crippen MR) is 81.4 cm³/mol. The van der Waals surface area contributed by atoms with E-state index in [1.54, 1.807) is 13.2 Å². The van der Waals surface area contributed by atoms with Gasteiger partial charge in [0.25, 0.3) is 0 Å². The molecule has 2 aromatic rings. The van der Waals surface area contributed by atoms with Crippen molar-refractivity contribution in [1.82, 2.24) is 9.97 Å². The average Bonchev–Trinajstić information content (AvgIpc) is 2.48. The van der Waals surface area contributed by atoms with Gasteiger partial charge in [-0.2, -0.15) is 5.26 Å². The van der Waals surface area contributed by atoms with Gasteiger partial charge in [-0.05, 0) is 12.1 Å². The van der Waals surface area contributed by atoms with E-state index in [-0.39, 0.29) is 6.61 Å². The second-order valence-electron chi connectivity index (χ2n) is 4.29. The van der Waals surface area contributed by atoms with Crippen LogP contribution in [0.5, 0.6) is 0 Å². The number of hydrogen-bond acceptors (Lipinski definition) is 5. The zero-order valence-corrected chi connectivity index (χ0v) is 12.4. The molecule has 5 nitrogen and oxygen atoms in total. The molecule has 0 aliphatic rings. The highest BCUT2D eigenvalue weighted by Gasteiger charge is 2.13. The second-order valence-corrected chi connectivity index (χ2v) is 4.68. The van der Waals surface area contributed by atoms with E-state index in [0.29, 0.717) is 29.8 Å². The number of halogens is 1. The van der Waals surface area contributed by atoms with Crippen molar-refractivity contribution in [2.24, 2.45) is 0 Å². The van der Waals surface area contributed by atoms with Crippen LogP contribution in [0.1, 0.15) is 12.2 Å². The van der Waals surface area contributed by atoms with Crippen LogP contribution in [0, 0.1) is 11.3 Å². The van der Waals surface area contributed by atoms with Crippen LogP contribution in [-0.4, -0.2) is 23.6 Å². The molecule has 0 bridgehead atoms. The smallest absolute Gasteiger partial charge is 0.158 e. The Bertz CT molecular complexity index is 627. The van der Waals surface area contributed by atoms with Crippen LogP contribution >= 0.6 is 11.6 Å². The number of rotatable bonds is 6. The van der Waals surface area contributed by atoms with Gasteiger partial charge in [-0.25, -0.2) is 9.97 Å². The van der Waals surface area contributed by atoms with E-state index in [9.17, 15) is 0 Å². The number of nitriles is 1. The lowest BCUT2D eigenvalue weighted by molar-refractivity contribution is 0.178. The number of methoxy groups -OCH3 is 1. The minimum absolute atomic E-state index is 0.286. The largest absolute Gasteiger partial charge is 0.377 e. The number of para-hydroxylation sites is 1. The van der Waals surface area contributed by atoms with Crippen molar-refractivity contribution < 1.29 is 4.74 Å². The first-order valence-electron chi connectivity index (χ1n) is 6.46. The van der Waals surface area contributed by atoms with Crippen LogP contribution in [0.25, 0.3) is 0 Å². The Labute approximate surface area is 128 Å². The number of aromatic nitrogens is 2. The van der Waals surface area contributed by atoms with Crippen LogP contribution in [0.2, 0.25) is 5.15 Å². The molecule has 0 aliphatic carbocycles. The molecule has 0 unspecified atom stereocenters. The summed E-state index contributed by atoms with van der Waals surface area (Å²) in [5.74, 6) is 1.17. The molecular weight excluding hydrogens is 288 g/mol. The van der Waals surface area contributed by atoms with Crippen molar-refractivity contribution in [3.63, 3.8) is 0 Å². The standard InChI is InChI=1S/C15H15ClN4O/c1-21-11-14-18-13(16)10-15(19-14)20(9-5-8-17)12-6-3-2-4-7-12/h2-4,6-7,10H,5,9,11H2,1H3. The van der Waals surface area contributed by atoms with E-state index < -0.39 is 0 Å². The number of benzene rings is 1. The van der Waals surface area contributed by atoms with Gasteiger partial charge in [-0.3, -0.25) is 0 Å². The molecule has 0 amide bonds. The van der Waals surface area contributed by atoms with Gasteiger partial charge in [0.05, 0.1) is 12.5 Å². The summed E-state index contributed by atoms with van der Waals surface area (Å²) in [6.07, 6.45) is 0.385. The summed E-state index contributed by atoms with van der Waals surface area (Å²) in [7, 11) is 1.58. The number of ether oxygens (including phenoxy) is 1. The molecule has 21 heavy (non-hydrogen) atoms. The molecule has 0 aliphatic heterocycles. The van der Waals surface area contributed by atoms with Crippen molar-refractivity contribution >= 4 is 23.1 Å². The summed E-state index contributed by atoms with van der Waals surface area (Å²) in [5.41, 5.74) is 0.950. The molecule has 0 fully saturated rings. The second kappa shape index (κ2) is 7.58. The SMILES string of the molecule is COCc1nc(Cl)cc(N(CCC#N)c2ccccc2)n1. The average molecular weight is 303 g/mol. The van der Waals surface area contributed by atoms with Crippen LogP contribution < -0.4 is 4.90 Å². The molecule has 2 rings (SSSR count). The molecule has 1 aromatic carbocycles. The predicted octanol–water partition coefficient (Wildman–Crippen LogP) is 3.33. The Morgan fingerprint density at radius 3 is 2.71 bits per heavy atom. The zero-order chi connectivity index (χ0) is 15.1. The molecule has 0 atom stereocenters. The minimum Gasteiger partial charge on any atom is -0.377 e. The summed E-state index contributed by atoms with van der Waals surface area (Å²) >= 11 is 6.05. The quantitative estimate of drug-likeness (QED) is 0.766. The Morgan fingerprint density at radius 2 is 2.05 bits per heavy atom. The van der Waals surface area contributed by atoms with Gasteiger partial charge in [0, 0.05) is 25.4 Å². The van der Waals surface area contributed by atoms with Crippen molar-refractivity contribution in [2.45, 2.75) is 13.0 Å². The van der Waals surface area contributed by atoms with Crippen molar-refractivity contribution in [2.75, 3.05) is 18.6 Å². The van der Waals surface area contributed by atoms with Gasteiger partial charge in [-0.1, -0.05) is 29.8 Å². The molecule has 1 aromatic heterocycles. The Kier molecular flexibility index (Phi) is 5.50. The fraction of sp³-hybridized carbons (Fsp3) is 0.267. The first kappa shape index (κ1) is 15.2. The van der Waals surface area contributed by atoms with Gasteiger partial charge in [-0.15, -0.1) is 0 Å². The molecule has 1 heterocycles. The van der Waals surface area contributed by atoms with Gasteiger partial charge < -0.3 is 9.64 Å². The van der Waals surface area contributed by atoms with Crippen molar-refractivity contribution in [3.8, 4) is 6.07 Å². The van der Waals surface area contributed by atoms with E-state index >= 15 is 0 Å². The Balaban J connectivity index is 2.39. The van der Waals surface area contributed by atoms with E-state index in [1.807, 2.05) is 35.2 Å². The normalized spacial score (nSPS) is 10.1. The fourth-order valence-electron chi connectivity index (χ4n) is 1.93. The van der Waals surface area contributed by atoms with Crippen LogP contribution in [0.3, 0.4) is 0 Å². The fourth-order valence-corrected chi connectivity index (χ4v) is 2.12. The van der Waals surface area contributed by atoms with Crippen molar-refractivity contribution in [1.29, 1.82) is 5.26 Å². The third-order valence-corrected chi connectivity index (χ3v) is 2.99. The van der Waals surface area contributed by atoms with Crippen LogP contribution in [0.15, 0.2) is 36.4 Å². The number of anilines is 2. The van der Waals surface area contributed by atoms with Gasteiger partial charge in [0.2, 0.25) is 0 Å². The highest BCUT2D eigenvalue weighted by molar-refractivity contribution is 6.29.